The molecule has 1 amide bonds. The van der Waals surface area contributed by atoms with Gasteiger partial charge in [-0.2, -0.15) is 0 Å². The number of benzene rings is 1. The van der Waals surface area contributed by atoms with E-state index in [-0.39, 0.29) is 21.0 Å². The molecular formula is C13H14FN3O4S2. The molecule has 0 bridgehead atoms. The summed E-state index contributed by atoms with van der Waals surface area (Å²) in [5, 5.41) is 9.56. The maximum absolute atomic E-state index is 13.5. The molecule has 7 nitrogen and oxygen atoms in total. The number of carbonyl (C=O) groups excluding carboxylic acids is 1. The van der Waals surface area contributed by atoms with Gasteiger partial charge < -0.3 is 4.74 Å². The van der Waals surface area contributed by atoms with Gasteiger partial charge in [-0.25, -0.2) is 12.8 Å². The molecule has 1 heterocycles. The first-order valence-electron chi connectivity index (χ1n) is 6.62. The fraction of sp³-hybridized carbons (Fsp3) is 0.308. The number of nitrogens with zero attached hydrogens (tertiary/aromatic N) is 2. The number of aromatic nitrogens is 2. The van der Waals surface area contributed by atoms with Crippen LogP contribution in [0, 0.1) is 5.82 Å². The Hall–Kier alpha value is -2.07. The molecule has 0 aliphatic heterocycles. The first-order chi connectivity index (χ1) is 10.8. The van der Waals surface area contributed by atoms with Gasteiger partial charge in [-0.1, -0.05) is 30.4 Å². The third-order valence-electron chi connectivity index (χ3n) is 2.79. The van der Waals surface area contributed by atoms with Gasteiger partial charge in [0, 0.05) is 0 Å². The Labute approximate surface area is 136 Å². The minimum absolute atomic E-state index is 0.0333. The van der Waals surface area contributed by atoms with E-state index in [1.54, 1.807) is 6.07 Å². The van der Waals surface area contributed by atoms with Crippen molar-refractivity contribution < 1.29 is 22.3 Å². The molecule has 0 radical (unpaired) electrons. The standard InChI is InChI=1S/C13H14FN3O4S2/c1-3-23(19,20)13-17-16-12(22-13)15-11(18)8(2)21-10-7-5-4-6-9(10)14/h4-8H,3H2,1-2H3,(H,15,16,18)/t8-/m0/s1. The van der Waals surface area contributed by atoms with Gasteiger partial charge in [0.2, 0.25) is 19.3 Å². The van der Waals surface area contributed by atoms with Gasteiger partial charge in [-0.15, -0.1) is 10.2 Å². The highest BCUT2D eigenvalue weighted by Crippen LogP contribution is 2.22. The van der Waals surface area contributed by atoms with Crippen molar-refractivity contribution in [1.82, 2.24) is 10.2 Å². The van der Waals surface area contributed by atoms with Gasteiger partial charge in [-0.3, -0.25) is 10.1 Å². The van der Waals surface area contributed by atoms with Crippen LogP contribution in [0.3, 0.4) is 0 Å². The zero-order valence-electron chi connectivity index (χ0n) is 12.3. The van der Waals surface area contributed by atoms with Gasteiger partial charge in [0.15, 0.2) is 17.7 Å². The average molecular weight is 359 g/mol. The van der Waals surface area contributed by atoms with Crippen LogP contribution < -0.4 is 10.1 Å². The van der Waals surface area contributed by atoms with E-state index in [1.807, 2.05) is 0 Å². The smallest absolute Gasteiger partial charge is 0.266 e. The number of amides is 1. The largest absolute Gasteiger partial charge is 0.478 e. The number of hydrogen-bond acceptors (Lipinski definition) is 7. The summed E-state index contributed by atoms with van der Waals surface area (Å²) < 4.78 is 41.8. The SMILES string of the molecule is CCS(=O)(=O)c1nnc(NC(=O)[C@H](C)Oc2ccccc2F)s1. The second-order valence-corrected chi connectivity index (χ2v) is 7.89. The van der Waals surface area contributed by atoms with Crippen molar-refractivity contribution in [2.24, 2.45) is 0 Å². The van der Waals surface area contributed by atoms with Crippen LogP contribution in [0.1, 0.15) is 13.8 Å². The van der Waals surface area contributed by atoms with Crippen molar-refractivity contribution in [1.29, 1.82) is 0 Å². The monoisotopic (exact) mass is 359 g/mol. The summed E-state index contributed by atoms with van der Waals surface area (Å²) in [6.45, 7) is 2.92. The fourth-order valence-corrected chi connectivity index (χ4v) is 3.49. The van der Waals surface area contributed by atoms with Crippen LogP contribution in [-0.2, 0) is 14.6 Å². The molecule has 10 heteroatoms. The van der Waals surface area contributed by atoms with E-state index in [9.17, 15) is 17.6 Å². The quantitative estimate of drug-likeness (QED) is 0.791. The highest BCUT2D eigenvalue weighted by Gasteiger charge is 2.21. The molecule has 0 unspecified atom stereocenters. The summed E-state index contributed by atoms with van der Waals surface area (Å²) in [6.07, 6.45) is -0.998. The lowest BCUT2D eigenvalue weighted by atomic mass is 10.3. The third-order valence-corrected chi connectivity index (χ3v) is 5.81. The Morgan fingerprint density at radius 1 is 1.39 bits per heavy atom. The normalized spacial score (nSPS) is 12.7. The highest BCUT2D eigenvalue weighted by atomic mass is 32.2. The zero-order valence-corrected chi connectivity index (χ0v) is 13.9. The summed E-state index contributed by atoms with van der Waals surface area (Å²) >= 11 is 0.748. The third kappa shape index (κ3) is 4.23. The molecule has 1 aromatic carbocycles. The molecule has 0 saturated carbocycles. The molecule has 0 saturated heterocycles. The Morgan fingerprint density at radius 3 is 2.74 bits per heavy atom. The van der Waals surface area contributed by atoms with Gasteiger partial charge in [0.25, 0.3) is 5.91 Å². The summed E-state index contributed by atoms with van der Waals surface area (Å²) in [6, 6.07) is 5.70. The van der Waals surface area contributed by atoms with Gasteiger partial charge in [-0.05, 0) is 19.1 Å². The Balaban J connectivity index is 2.03. The second kappa shape index (κ2) is 7.01. The molecule has 23 heavy (non-hydrogen) atoms. The van der Waals surface area contributed by atoms with Gasteiger partial charge in [0.05, 0.1) is 5.75 Å². The van der Waals surface area contributed by atoms with Crippen molar-refractivity contribution in [3.8, 4) is 5.75 Å². The lowest BCUT2D eigenvalue weighted by molar-refractivity contribution is -0.122. The maximum Gasteiger partial charge on any atom is 0.266 e. The number of hydrogen-bond donors (Lipinski definition) is 1. The van der Waals surface area contributed by atoms with Crippen LogP contribution >= 0.6 is 11.3 Å². The first kappa shape index (κ1) is 17.3. The minimum Gasteiger partial charge on any atom is -0.478 e. The van der Waals surface area contributed by atoms with E-state index in [4.69, 9.17) is 4.74 Å². The number of sulfone groups is 1. The summed E-state index contributed by atoms with van der Waals surface area (Å²) in [5.41, 5.74) is 0. The number of nitrogens with one attached hydrogen (secondary N) is 1. The van der Waals surface area contributed by atoms with Crippen LogP contribution in [0.2, 0.25) is 0 Å². The number of rotatable bonds is 6. The Kier molecular flexibility index (Phi) is 5.26. The summed E-state index contributed by atoms with van der Waals surface area (Å²) in [5.74, 6) is -1.34. The molecule has 124 valence electrons. The van der Waals surface area contributed by atoms with E-state index < -0.39 is 27.7 Å². The van der Waals surface area contributed by atoms with Crippen LogP contribution in [0.15, 0.2) is 28.6 Å². The first-order valence-corrected chi connectivity index (χ1v) is 9.08. The van der Waals surface area contributed by atoms with Gasteiger partial charge >= 0.3 is 0 Å². The minimum atomic E-state index is -3.47. The lowest BCUT2D eigenvalue weighted by Crippen LogP contribution is -2.30. The van der Waals surface area contributed by atoms with Crippen LogP contribution in [0.4, 0.5) is 9.52 Å². The average Bonchev–Trinajstić information content (AvgIpc) is 2.98. The number of carbonyl (C=O) groups is 1. The zero-order chi connectivity index (χ0) is 17.0. The second-order valence-electron chi connectivity index (χ2n) is 4.46. The van der Waals surface area contributed by atoms with Crippen LogP contribution in [0.5, 0.6) is 5.75 Å². The molecular weight excluding hydrogens is 345 g/mol. The van der Waals surface area contributed by atoms with Crippen LogP contribution in [0.25, 0.3) is 0 Å². The summed E-state index contributed by atoms with van der Waals surface area (Å²) in [4.78, 5) is 12.0. The van der Waals surface area contributed by atoms with E-state index in [1.165, 1.54) is 32.0 Å². The predicted molar refractivity (Wildman–Crippen MR) is 82.8 cm³/mol. The van der Waals surface area contributed by atoms with E-state index in [2.05, 4.69) is 15.5 Å². The van der Waals surface area contributed by atoms with Crippen molar-refractivity contribution in [3.05, 3.63) is 30.1 Å². The molecule has 0 aliphatic carbocycles. The number of anilines is 1. The van der Waals surface area contributed by atoms with Crippen molar-refractivity contribution in [2.75, 3.05) is 11.1 Å². The van der Waals surface area contributed by atoms with E-state index >= 15 is 0 Å². The maximum atomic E-state index is 13.5. The molecule has 1 N–H and O–H groups in total. The molecule has 2 rings (SSSR count). The number of halogens is 1. The van der Waals surface area contributed by atoms with E-state index in [0.717, 1.165) is 11.3 Å². The Bertz CT molecular complexity index is 807. The lowest BCUT2D eigenvalue weighted by Gasteiger charge is -2.13. The highest BCUT2D eigenvalue weighted by molar-refractivity contribution is 7.93. The Morgan fingerprint density at radius 2 is 2.09 bits per heavy atom. The fourth-order valence-electron chi connectivity index (χ4n) is 1.50. The summed E-state index contributed by atoms with van der Waals surface area (Å²) in [7, 11) is -3.47. The molecule has 0 aliphatic rings. The molecule has 0 fully saturated rings. The van der Waals surface area contributed by atoms with Crippen molar-refractivity contribution in [2.45, 2.75) is 24.3 Å². The van der Waals surface area contributed by atoms with Gasteiger partial charge in [0.1, 0.15) is 0 Å². The number of para-hydroxylation sites is 1. The topological polar surface area (TPSA) is 98.3 Å². The number of ether oxygens (including phenoxy) is 1. The molecule has 2 aromatic rings. The van der Waals surface area contributed by atoms with Crippen molar-refractivity contribution >= 4 is 32.2 Å². The molecule has 1 aromatic heterocycles. The van der Waals surface area contributed by atoms with Crippen LogP contribution in [-0.4, -0.2) is 36.4 Å². The predicted octanol–water partition coefficient (Wildman–Crippen LogP) is 1.88. The van der Waals surface area contributed by atoms with Crippen molar-refractivity contribution in [3.63, 3.8) is 0 Å². The van der Waals surface area contributed by atoms with E-state index in [0.29, 0.717) is 0 Å². The molecule has 1 atom stereocenters. The molecule has 0 spiro atoms.